The number of halogens is 2. The van der Waals surface area contributed by atoms with Crippen molar-refractivity contribution in [2.24, 2.45) is 0 Å². The Hall–Kier alpha value is -1.21. The zero-order valence-corrected chi connectivity index (χ0v) is 14.0. The molecule has 22 heavy (non-hydrogen) atoms. The molecule has 1 aliphatic rings. The number of thiophene rings is 1. The standard InChI is InChI=1S/C15H22F2N2O2S/c1-10(2)18-5-4-6-19(8-7-18)14(20)13-12(21-15(16)17)9-11(3)22-13/h9-10,15H,4-8H2,1-3H3. The molecular formula is C15H22F2N2O2S. The lowest BCUT2D eigenvalue weighted by Gasteiger charge is -2.24. The van der Waals surface area contributed by atoms with E-state index >= 15 is 0 Å². The van der Waals surface area contributed by atoms with Gasteiger partial charge in [0.15, 0.2) is 0 Å². The number of aryl methyl sites for hydroxylation is 1. The molecule has 0 atom stereocenters. The van der Waals surface area contributed by atoms with Gasteiger partial charge in [-0.05, 0) is 33.3 Å². The summed E-state index contributed by atoms with van der Waals surface area (Å²) in [7, 11) is 0. The summed E-state index contributed by atoms with van der Waals surface area (Å²) in [4.78, 5) is 17.8. The van der Waals surface area contributed by atoms with E-state index in [1.165, 1.54) is 17.4 Å². The summed E-state index contributed by atoms with van der Waals surface area (Å²) >= 11 is 1.21. The van der Waals surface area contributed by atoms with Crippen LogP contribution in [0.15, 0.2) is 6.07 Å². The molecule has 0 aliphatic carbocycles. The number of alkyl halides is 2. The minimum absolute atomic E-state index is 0.00698. The van der Waals surface area contributed by atoms with Gasteiger partial charge in [0.05, 0.1) is 0 Å². The van der Waals surface area contributed by atoms with Gasteiger partial charge in [0.25, 0.3) is 5.91 Å². The monoisotopic (exact) mass is 332 g/mol. The summed E-state index contributed by atoms with van der Waals surface area (Å²) in [6.45, 7) is 6.15. The molecule has 1 aromatic heterocycles. The predicted octanol–water partition coefficient (Wildman–Crippen LogP) is 3.21. The number of ether oxygens (including phenoxy) is 1. The maximum absolute atomic E-state index is 12.6. The highest BCUT2D eigenvalue weighted by Gasteiger charge is 2.26. The molecule has 0 spiro atoms. The van der Waals surface area contributed by atoms with Crippen molar-refractivity contribution in [2.75, 3.05) is 26.2 Å². The molecule has 1 saturated heterocycles. The van der Waals surface area contributed by atoms with Crippen LogP contribution in [-0.4, -0.2) is 54.5 Å². The second kappa shape index (κ2) is 7.37. The SMILES string of the molecule is Cc1cc(OC(F)F)c(C(=O)N2CCCN(C(C)C)CC2)s1. The maximum Gasteiger partial charge on any atom is 0.387 e. The third kappa shape index (κ3) is 4.16. The van der Waals surface area contributed by atoms with Crippen molar-refractivity contribution in [1.82, 2.24) is 9.80 Å². The van der Waals surface area contributed by atoms with Crippen molar-refractivity contribution < 1.29 is 18.3 Å². The second-order valence-corrected chi connectivity index (χ2v) is 6.96. The first-order valence-corrected chi connectivity index (χ1v) is 8.28. The van der Waals surface area contributed by atoms with E-state index in [1.54, 1.807) is 11.8 Å². The van der Waals surface area contributed by atoms with E-state index in [4.69, 9.17) is 0 Å². The molecule has 0 radical (unpaired) electrons. The summed E-state index contributed by atoms with van der Waals surface area (Å²) in [5, 5.41) is 0. The fourth-order valence-corrected chi connectivity index (χ4v) is 3.54. The van der Waals surface area contributed by atoms with Crippen LogP contribution in [0, 0.1) is 6.92 Å². The smallest absolute Gasteiger partial charge is 0.387 e. The maximum atomic E-state index is 12.6. The summed E-state index contributed by atoms with van der Waals surface area (Å²) in [6.07, 6.45) is 0.888. The zero-order chi connectivity index (χ0) is 16.3. The lowest BCUT2D eigenvalue weighted by atomic mass is 10.3. The molecule has 4 nitrogen and oxygen atoms in total. The first kappa shape index (κ1) is 17.1. The number of carbonyl (C=O) groups is 1. The van der Waals surface area contributed by atoms with E-state index in [-0.39, 0.29) is 16.5 Å². The molecule has 1 amide bonds. The average Bonchev–Trinajstić information content (AvgIpc) is 2.65. The quantitative estimate of drug-likeness (QED) is 0.849. The summed E-state index contributed by atoms with van der Waals surface area (Å²) in [5.74, 6) is -0.216. The number of amides is 1. The molecular weight excluding hydrogens is 310 g/mol. The van der Waals surface area contributed by atoms with Crippen molar-refractivity contribution in [3.8, 4) is 5.75 Å². The minimum Gasteiger partial charge on any atom is -0.433 e. The second-order valence-electron chi connectivity index (χ2n) is 5.70. The molecule has 1 aliphatic heterocycles. The van der Waals surface area contributed by atoms with Crippen LogP contribution in [0.5, 0.6) is 5.75 Å². The number of carbonyl (C=O) groups excluding carboxylic acids is 1. The van der Waals surface area contributed by atoms with Gasteiger partial charge in [0.1, 0.15) is 10.6 Å². The van der Waals surface area contributed by atoms with Crippen molar-refractivity contribution in [3.63, 3.8) is 0 Å². The van der Waals surface area contributed by atoms with Crippen molar-refractivity contribution >= 4 is 17.2 Å². The fraction of sp³-hybridized carbons (Fsp3) is 0.667. The van der Waals surface area contributed by atoms with Gasteiger partial charge >= 0.3 is 6.61 Å². The Morgan fingerprint density at radius 2 is 2.00 bits per heavy atom. The summed E-state index contributed by atoms with van der Waals surface area (Å²) in [5.41, 5.74) is 0. The van der Waals surface area contributed by atoms with Gasteiger partial charge in [-0.15, -0.1) is 11.3 Å². The van der Waals surface area contributed by atoms with E-state index in [2.05, 4.69) is 23.5 Å². The fourth-order valence-electron chi connectivity index (χ4n) is 2.62. The van der Waals surface area contributed by atoms with E-state index in [9.17, 15) is 13.6 Å². The van der Waals surface area contributed by atoms with E-state index in [0.29, 0.717) is 19.1 Å². The molecule has 2 rings (SSSR count). The van der Waals surface area contributed by atoms with Gasteiger partial charge in [-0.25, -0.2) is 0 Å². The third-order valence-electron chi connectivity index (χ3n) is 3.78. The summed E-state index contributed by atoms with van der Waals surface area (Å²) in [6, 6.07) is 1.94. The molecule has 0 N–H and O–H groups in total. The van der Waals surface area contributed by atoms with Crippen LogP contribution in [0.2, 0.25) is 0 Å². The molecule has 2 heterocycles. The largest absolute Gasteiger partial charge is 0.433 e. The lowest BCUT2D eigenvalue weighted by molar-refractivity contribution is -0.0499. The Balaban J connectivity index is 2.11. The molecule has 0 bridgehead atoms. The van der Waals surface area contributed by atoms with Gasteiger partial charge in [-0.1, -0.05) is 0 Å². The van der Waals surface area contributed by atoms with Crippen LogP contribution < -0.4 is 4.74 Å². The van der Waals surface area contributed by atoms with E-state index in [0.717, 1.165) is 24.4 Å². The number of nitrogens with zero attached hydrogens (tertiary/aromatic N) is 2. The van der Waals surface area contributed by atoms with Gasteiger partial charge in [0.2, 0.25) is 0 Å². The van der Waals surface area contributed by atoms with Crippen LogP contribution in [0.1, 0.15) is 34.8 Å². The predicted molar refractivity (Wildman–Crippen MR) is 82.9 cm³/mol. The molecule has 124 valence electrons. The highest BCUT2D eigenvalue weighted by Crippen LogP contribution is 2.31. The number of hydrogen-bond donors (Lipinski definition) is 0. The Labute approximate surface area is 133 Å². The third-order valence-corrected chi connectivity index (χ3v) is 4.80. The topological polar surface area (TPSA) is 32.8 Å². The Morgan fingerprint density at radius 1 is 1.27 bits per heavy atom. The molecule has 1 aromatic rings. The van der Waals surface area contributed by atoms with Gasteiger partial charge < -0.3 is 9.64 Å². The molecule has 7 heteroatoms. The number of rotatable bonds is 4. The molecule has 1 fully saturated rings. The summed E-state index contributed by atoms with van der Waals surface area (Å²) < 4.78 is 29.4. The van der Waals surface area contributed by atoms with Crippen molar-refractivity contribution in [1.29, 1.82) is 0 Å². The van der Waals surface area contributed by atoms with Gasteiger partial charge in [-0.3, -0.25) is 9.69 Å². The molecule has 0 unspecified atom stereocenters. The zero-order valence-electron chi connectivity index (χ0n) is 13.1. The first-order valence-electron chi connectivity index (χ1n) is 7.47. The van der Waals surface area contributed by atoms with E-state index in [1.807, 2.05) is 0 Å². The van der Waals surface area contributed by atoms with Gasteiger partial charge in [-0.2, -0.15) is 8.78 Å². The van der Waals surface area contributed by atoms with Crippen LogP contribution in [0.25, 0.3) is 0 Å². The van der Waals surface area contributed by atoms with Crippen LogP contribution in [0.3, 0.4) is 0 Å². The normalized spacial score (nSPS) is 17.1. The Morgan fingerprint density at radius 3 is 2.64 bits per heavy atom. The van der Waals surface area contributed by atoms with E-state index < -0.39 is 6.61 Å². The lowest BCUT2D eigenvalue weighted by Crippen LogP contribution is -2.37. The van der Waals surface area contributed by atoms with Crippen LogP contribution in [0.4, 0.5) is 8.78 Å². The first-order chi connectivity index (χ1) is 10.4. The van der Waals surface area contributed by atoms with Crippen molar-refractivity contribution in [3.05, 3.63) is 15.8 Å². The highest BCUT2D eigenvalue weighted by atomic mass is 32.1. The Bertz CT molecular complexity index is 520. The molecule has 0 saturated carbocycles. The average molecular weight is 332 g/mol. The minimum atomic E-state index is -2.92. The van der Waals surface area contributed by atoms with Crippen molar-refractivity contribution in [2.45, 2.75) is 39.8 Å². The Kier molecular flexibility index (Phi) is 5.74. The molecule has 0 aromatic carbocycles. The van der Waals surface area contributed by atoms with Gasteiger partial charge in [0, 0.05) is 37.1 Å². The van der Waals surface area contributed by atoms with Crippen LogP contribution in [-0.2, 0) is 0 Å². The van der Waals surface area contributed by atoms with Crippen LogP contribution >= 0.6 is 11.3 Å². The number of hydrogen-bond acceptors (Lipinski definition) is 4. The highest BCUT2D eigenvalue weighted by molar-refractivity contribution is 7.14.